The van der Waals surface area contributed by atoms with E-state index in [1.807, 2.05) is 45.0 Å². The lowest BCUT2D eigenvalue weighted by Gasteiger charge is -2.39. The number of carbonyl (C=O) groups excluding carboxylic acids is 2. The number of carbonyl (C=O) groups is 2. The highest BCUT2D eigenvalue weighted by molar-refractivity contribution is 5.94. The molecule has 0 spiro atoms. The van der Waals surface area contributed by atoms with Crippen LogP contribution < -0.4 is 4.74 Å². The van der Waals surface area contributed by atoms with Crippen LogP contribution in [0.15, 0.2) is 42.5 Å². The van der Waals surface area contributed by atoms with Gasteiger partial charge in [-0.3, -0.25) is 9.59 Å². The molecule has 2 amide bonds. The van der Waals surface area contributed by atoms with E-state index in [0.717, 1.165) is 28.0 Å². The van der Waals surface area contributed by atoms with Crippen LogP contribution in [0.1, 0.15) is 29.2 Å². The first-order valence-electron chi connectivity index (χ1n) is 9.16. The first kappa shape index (κ1) is 19.0. The number of aryl methyl sites for hydroxylation is 2. The molecule has 142 valence electrons. The topological polar surface area (TPSA) is 49.9 Å². The molecule has 0 N–H and O–H groups in total. The van der Waals surface area contributed by atoms with Gasteiger partial charge in [0.15, 0.2) is 0 Å². The molecule has 0 saturated carbocycles. The fourth-order valence-electron chi connectivity index (χ4n) is 3.41. The Morgan fingerprint density at radius 3 is 2.41 bits per heavy atom. The van der Waals surface area contributed by atoms with Crippen molar-refractivity contribution in [2.24, 2.45) is 0 Å². The third kappa shape index (κ3) is 4.13. The molecule has 0 radical (unpaired) electrons. The van der Waals surface area contributed by atoms with E-state index in [1.54, 1.807) is 16.9 Å². The number of rotatable bonds is 5. The number of benzene rings is 2. The lowest BCUT2D eigenvalue weighted by atomic mass is 10.0. The summed E-state index contributed by atoms with van der Waals surface area (Å²) in [5, 5.41) is 0. The molecular weight excluding hydrogens is 340 g/mol. The van der Waals surface area contributed by atoms with Gasteiger partial charge in [0.1, 0.15) is 18.3 Å². The van der Waals surface area contributed by atoms with Gasteiger partial charge in [-0.05, 0) is 49.6 Å². The van der Waals surface area contributed by atoms with Crippen molar-refractivity contribution in [2.75, 3.05) is 13.7 Å². The number of amides is 2. The quantitative estimate of drug-likeness (QED) is 0.817. The Labute approximate surface area is 160 Å². The van der Waals surface area contributed by atoms with Crippen LogP contribution in [0.3, 0.4) is 0 Å². The standard InChI is InChI=1S/C22H26N2O3/c1-15-5-6-16(2)19(11-15)13-24-17(3)22(26)23(14-21(24)25)12-18-7-9-20(27-4)10-8-18/h5-11,17H,12-14H2,1-4H3/t17-/m0/s1. The highest BCUT2D eigenvalue weighted by atomic mass is 16.5. The molecular formula is C22H26N2O3. The zero-order valence-electron chi connectivity index (χ0n) is 16.4. The first-order chi connectivity index (χ1) is 12.9. The SMILES string of the molecule is COc1ccc(CN2CC(=O)N(Cc3cc(C)ccc3C)[C@@H](C)C2=O)cc1. The van der Waals surface area contributed by atoms with Crippen molar-refractivity contribution >= 4 is 11.8 Å². The molecule has 0 unspecified atom stereocenters. The third-order valence-corrected chi connectivity index (χ3v) is 5.16. The Bertz CT molecular complexity index is 845. The van der Waals surface area contributed by atoms with E-state index in [1.165, 1.54) is 0 Å². The Balaban J connectivity index is 1.72. The third-order valence-electron chi connectivity index (χ3n) is 5.16. The first-order valence-corrected chi connectivity index (χ1v) is 9.16. The summed E-state index contributed by atoms with van der Waals surface area (Å²) in [6, 6.07) is 13.3. The fraction of sp³-hybridized carbons (Fsp3) is 0.364. The van der Waals surface area contributed by atoms with Crippen molar-refractivity contribution < 1.29 is 14.3 Å². The summed E-state index contributed by atoms with van der Waals surface area (Å²) < 4.78 is 5.16. The van der Waals surface area contributed by atoms with Gasteiger partial charge in [0.2, 0.25) is 11.8 Å². The van der Waals surface area contributed by atoms with E-state index >= 15 is 0 Å². The van der Waals surface area contributed by atoms with Gasteiger partial charge < -0.3 is 14.5 Å². The molecule has 2 aromatic rings. The normalized spacial score (nSPS) is 17.4. The summed E-state index contributed by atoms with van der Waals surface area (Å²) in [5.41, 5.74) is 4.35. The molecule has 3 rings (SSSR count). The van der Waals surface area contributed by atoms with Gasteiger partial charge in [-0.1, -0.05) is 35.9 Å². The van der Waals surface area contributed by atoms with Crippen molar-refractivity contribution in [1.82, 2.24) is 9.80 Å². The Kier molecular flexibility index (Phi) is 5.49. The molecule has 1 heterocycles. The number of methoxy groups -OCH3 is 1. The highest BCUT2D eigenvalue weighted by Gasteiger charge is 2.36. The maximum Gasteiger partial charge on any atom is 0.245 e. The zero-order valence-corrected chi connectivity index (χ0v) is 16.4. The van der Waals surface area contributed by atoms with Crippen LogP contribution in [0.5, 0.6) is 5.75 Å². The summed E-state index contributed by atoms with van der Waals surface area (Å²) in [6.45, 7) is 6.88. The van der Waals surface area contributed by atoms with E-state index in [9.17, 15) is 9.59 Å². The molecule has 1 fully saturated rings. The van der Waals surface area contributed by atoms with E-state index < -0.39 is 6.04 Å². The summed E-state index contributed by atoms with van der Waals surface area (Å²) >= 11 is 0. The van der Waals surface area contributed by atoms with Gasteiger partial charge in [0.25, 0.3) is 0 Å². The minimum Gasteiger partial charge on any atom is -0.497 e. The van der Waals surface area contributed by atoms with E-state index in [-0.39, 0.29) is 18.4 Å². The minimum absolute atomic E-state index is 0.0171. The Morgan fingerprint density at radius 2 is 1.74 bits per heavy atom. The van der Waals surface area contributed by atoms with E-state index in [2.05, 4.69) is 18.2 Å². The number of ether oxygens (including phenoxy) is 1. The molecule has 1 saturated heterocycles. The molecule has 5 nitrogen and oxygen atoms in total. The van der Waals surface area contributed by atoms with Crippen LogP contribution in [0, 0.1) is 13.8 Å². The summed E-state index contributed by atoms with van der Waals surface area (Å²) in [4.78, 5) is 28.9. The Morgan fingerprint density at radius 1 is 1.04 bits per heavy atom. The van der Waals surface area contributed by atoms with Gasteiger partial charge in [-0.15, -0.1) is 0 Å². The molecule has 1 atom stereocenters. The van der Waals surface area contributed by atoms with Crippen molar-refractivity contribution in [2.45, 2.75) is 39.9 Å². The largest absolute Gasteiger partial charge is 0.497 e. The van der Waals surface area contributed by atoms with Gasteiger partial charge in [0, 0.05) is 13.1 Å². The molecule has 2 aromatic carbocycles. The van der Waals surface area contributed by atoms with Crippen LogP contribution in [0.4, 0.5) is 0 Å². The summed E-state index contributed by atoms with van der Waals surface area (Å²) in [5.74, 6) is 0.736. The minimum atomic E-state index is -0.468. The van der Waals surface area contributed by atoms with Crippen LogP contribution in [-0.2, 0) is 22.7 Å². The molecule has 1 aliphatic heterocycles. The second kappa shape index (κ2) is 7.82. The average Bonchev–Trinajstić information content (AvgIpc) is 2.66. The predicted molar refractivity (Wildman–Crippen MR) is 104 cm³/mol. The lowest BCUT2D eigenvalue weighted by Crippen LogP contribution is -2.58. The van der Waals surface area contributed by atoms with Crippen molar-refractivity contribution in [3.8, 4) is 5.75 Å². The number of hydrogen-bond acceptors (Lipinski definition) is 3. The lowest BCUT2D eigenvalue weighted by molar-refractivity contribution is -0.156. The number of nitrogens with zero attached hydrogens (tertiary/aromatic N) is 2. The van der Waals surface area contributed by atoms with Gasteiger partial charge >= 0.3 is 0 Å². The van der Waals surface area contributed by atoms with E-state index in [4.69, 9.17) is 4.74 Å². The maximum absolute atomic E-state index is 12.9. The monoisotopic (exact) mass is 366 g/mol. The molecule has 27 heavy (non-hydrogen) atoms. The molecule has 1 aliphatic rings. The highest BCUT2D eigenvalue weighted by Crippen LogP contribution is 2.21. The van der Waals surface area contributed by atoms with Gasteiger partial charge in [-0.25, -0.2) is 0 Å². The molecule has 0 aliphatic carbocycles. The molecule has 5 heteroatoms. The van der Waals surface area contributed by atoms with Crippen LogP contribution in [0.2, 0.25) is 0 Å². The van der Waals surface area contributed by atoms with Gasteiger partial charge in [-0.2, -0.15) is 0 Å². The molecule has 0 aromatic heterocycles. The number of piperazine rings is 1. The Hall–Kier alpha value is -2.82. The van der Waals surface area contributed by atoms with Crippen molar-refractivity contribution in [1.29, 1.82) is 0 Å². The average molecular weight is 366 g/mol. The van der Waals surface area contributed by atoms with Crippen molar-refractivity contribution in [3.05, 3.63) is 64.7 Å². The molecule has 0 bridgehead atoms. The maximum atomic E-state index is 12.9. The van der Waals surface area contributed by atoms with E-state index in [0.29, 0.717) is 13.1 Å². The zero-order chi connectivity index (χ0) is 19.6. The van der Waals surface area contributed by atoms with Crippen LogP contribution >= 0.6 is 0 Å². The van der Waals surface area contributed by atoms with Crippen LogP contribution in [-0.4, -0.2) is 41.3 Å². The summed E-state index contributed by atoms with van der Waals surface area (Å²) in [6.07, 6.45) is 0. The second-order valence-corrected chi connectivity index (χ2v) is 7.17. The van der Waals surface area contributed by atoms with Gasteiger partial charge in [0.05, 0.1) is 7.11 Å². The second-order valence-electron chi connectivity index (χ2n) is 7.17. The number of hydrogen-bond donors (Lipinski definition) is 0. The predicted octanol–water partition coefficient (Wildman–Crippen LogP) is 3.07. The smallest absolute Gasteiger partial charge is 0.245 e. The summed E-state index contributed by atoms with van der Waals surface area (Å²) in [7, 11) is 1.62. The van der Waals surface area contributed by atoms with Crippen LogP contribution in [0.25, 0.3) is 0 Å². The fourth-order valence-corrected chi connectivity index (χ4v) is 3.41. The van der Waals surface area contributed by atoms with Crippen molar-refractivity contribution in [3.63, 3.8) is 0 Å².